The minimum Gasteiger partial charge on any atom is -0.392 e. The summed E-state index contributed by atoms with van der Waals surface area (Å²) in [6.45, 7) is 0. The zero-order valence-electron chi connectivity index (χ0n) is 11.6. The number of hydrogen-bond donors (Lipinski definition) is 2. The van der Waals surface area contributed by atoms with E-state index in [2.05, 4.69) is 9.97 Å². The van der Waals surface area contributed by atoms with E-state index in [1.807, 2.05) is 0 Å². The van der Waals surface area contributed by atoms with Crippen molar-refractivity contribution in [2.24, 2.45) is 5.73 Å². The second kappa shape index (κ2) is 5.97. The van der Waals surface area contributed by atoms with E-state index in [-0.39, 0.29) is 11.6 Å². The van der Waals surface area contributed by atoms with E-state index < -0.39 is 11.0 Å². The van der Waals surface area contributed by atoms with Crippen molar-refractivity contribution in [3.63, 3.8) is 0 Å². The maximum absolute atomic E-state index is 11.0. The van der Waals surface area contributed by atoms with Gasteiger partial charge in [0.15, 0.2) is 0 Å². The number of pyridine rings is 1. The summed E-state index contributed by atoms with van der Waals surface area (Å²) in [5.74, 6) is 0.189. The molecule has 116 valence electrons. The molecule has 2 heterocycles. The number of aromatic amines is 1. The third-order valence-corrected chi connectivity index (χ3v) is 4.04. The standard InChI is InChI=1S/C14H10N4O4S/c15-14(19)22-13-12(11-10(17-13)2-1-7-16-11)23-9-5-3-8(4-6-9)18(20)21/h1-7,17H,(H2,15,19). The first-order chi connectivity index (χ1) is 11.0. The molecule has 1 aromatic carbocycles. The van der Waals surface area contributed by atoms with Crippen molar-refractivity contribution < 1.29 is 14.5 Å². The van der Waals surface area contributed by atoms with Crippen molar-refractivity contribution in [3.05, 3.63) is 52.7 Å². The van der Waals surface area contributed by atoms with Crippen molar-refractivity contribution in [3.8, 4) is 5.88 Å². The molecule has 1 amide bonds. The summed E-state index contributed by atoms with van der Waals surface area (Å²) in [6, 6.07) is 9.55. The summed E-state index contributed by atoms with van der Waals surface area (Å²) >= 11 is 1.26. The predicted molar refractivity (Wildman–Crippen MR) is 83.5 cm³/mol. The number of benzene rings is 1. The summed E-state index contributed by atoms with van der Waals surface area (Å²) in [6.07, 6.45) is 0.673. The van der Waals surface area contributed by atoms with Crippen molar-refractivity contribution in [2.45, 2.75) is 9.79 Å². The Kier molecular flexibility index (Phi) is 3.85. The van der Waals surface area contributed by atoms with Gasteiger partial charge in [-0.3, -0.25) is 15.1 Å². The molecule has 0 bridgehead atoms. The molecule has 2 aromatic heterocycles. The van der Waals surface area contributed by atoms with E-state index in [1.54, 1.807) is 30.5 Å². The van der Waals surface area contributed by atoms with Crippen LogP contribution in [0.5, 0.6) is 5.88 Å². The number of non-ortho nitro benzene ring substituents is 1. The third kappa shape index (κ3) is 3.09. The molecule has 9 heteroatoms. The smallest absolute Gasteiger partial charge is 0.392 e. The topological polar surface area (TPSA) is 124 Å². The van der Waals surface area contributed by atoms with Gasteiger partial charge in [-0.05, 0) is 24.3 Å². The van der Waals surface area contributed by atoms with Crippen LogP contribution < -0.4 is 10.5 Å². The Labute approximate surface area is 133 Å². The predicted octanol–water partition coefficient (Wildman–Crippen LogP) is 3.08. The van der Waals surface area contributed by atoms with Gasteiger partial charge < -0.3 is 15.5 Å². The molecular weight excluding hydrogens is 320 g/mol. The Morgan fingerprint density at radius 3 is 2.70 bits per heavy atom. The van der Waals surface area contributed by atoms with Gasteiger partial charge in [-0.1, -0.05) is 11.8 Å². The van der Waals surface area contributed by atoms with Gasteiger partial charge >= 0.3 is 6.09 Å². The first kappa shape index (κ1) is 14.9. The van der Waals surface area contributed by atoms with E-state index in [0.29, 0.717) is 15.9 Å². The van der Waals surface area contributed by atoms with Gasteiger partial charge in [0.25, 0.3) is 5.69 Å². The van der Waals surface area contributed by atoms with Gasteiger partial charge in [0, 0.05) is 23.2 Å². The molecule has 3 aromatic rings. The number of nitrogens with two attached hydrogens (primary N) is 1. The zero-order chi connectivity index (χ0) is 16.4. The van der Waals surface area contributed by atoms with Crippen LogP contribution in [-0.2, 0) is 0 Å². The molecule has 3 rings (SSSR count). The lowest BCUT2D eigenvalue weighted by atomic mass is 10.3. The van der Waals surface area contributed by atoms with E-state index >= 15 is 0 Å². The van der Waals surface area contributed by atoms with Crippen LogP contribution in [0.2, 0.25) is 0 Å². The van der Waals surface area contributed by atoms with Crippen LogP contribution in [0, 0.1) is 10.1 Å². The maximum atomic E-state index is 11.0. The number of carbonyl (C=O) groups excluding carboxylic acids is 1. The normalized spacial score (nSPS) is 10.6. The Morgan fingerprint density at radius 1 is 1.30 bits per heavy atom. The highest BCUT2D eigenvalue weighted by atomic mass is 32.2. The number of nitrogens with zero attached hydrogens (tertiary/aromatic N) is 2. The summed E-state index contributed by atoms with van der Waals surface area (Å²) in [5.41, 5.74) is 6.38. The lowest BCUT2D eigenvalue weighted by molar-refractivity contribution is -0.384. The van der Waals surface area contributed by atoms with Crippen LogP contribution in [0.25, 0.3) is 11.0 Å². The molecule has 0 fully saturated rings. The summed E-state index contributed by atoms with van der Waals surface area (Å²) in [4.78, 5) is 29.8. The second-order valence-electron chi connectivity index (χ2n) is 4.46. The third-order valence-electron chi connectivity index (χ3n) is 2.95. The molecule has 0 saturated carbocycles. The fourth-order valence-electron chi connectivity index (χ4n) is 1.99. The van der Waals surface area contributed by atoms with E-state index in [1.165, 1.54) is 23.9 Å². The number of fused-ring (bicyclic) bond motifs is 1. The van der Waals surface area contributed by atoms with Crippen LogP contribution in [0.4, 0.5) is 10.5 Å². The maximum Gasteiger partial charge on any atom is 0.411 e. The number of nitro groups is 1. The van der Waals surface area contributed by atoms with Gasteiger partial charge in [-0.2, -0.15) is 0 Å². The monoisotopic (exact) mass is 330 g/mol. The fraction of sp³-hybridized carbons (Fsp3) is 0. The Balaban J connectivity index is 2.00. The highest BCUT2D eigenvalue weighted by Gasteiger charge is 2.17. The second-order valence-corrected chi connectivity index (χ2v) is 5.54. The van der Waals surface area contributed by atoms with Gasteiger partial charge in [-0.25, -0.2) is 4.79 Å². The number of H-pyrrole nitrogens is 1. The highest BCUT2D eigenvalue weighted by Crippen LogP contribution is 2.40. The molecule has 0 saturated heterocycles. The number of nitro benzene ring substituents is 1. The van der Waals surface area contributed by atoms with Gasteiger partial charge in [0.2, 0.25) is 5.88 Å². The number of primary amides is 1. The molecule has 8 nitrogen and oxygen atoms in total. The molecule has 3 N–H and O–H groups in total. The lowest BCUT2D eigenvalue weighted by Gasteiger charge is -2.03. The fourth-order valence-corrected chi connectivity index (χ4v) is 2.95. The molecule has 0 atom stereocenters. The summed E-state index contributed by atoms with van der Waals surface area (Å²) < 4.78 is 4.98. The molecule has 23 heavy (non-hydrogen) atoms. The van der Waals surface area contributed by atoms with Crippen molar-refractivity contribution in [1.82, 2.24) is 9.97 Å². The zero-order valence-corrected chi connectivity index (χ0v) is 12.4. The van der Waals surface area contributed by atoms with Crippen LogP contribution in [0.15, 0.2) is 52.4 Å². The Bertz CT molecular complexity index is 891. The minimum atomic E-state index is -0.942. The number of amides is 1. The van der Waals surface area contributed by atoms with Crippen LogP contribution in [-0.4, -0.2) is 21.0 Å². The van der Waals surface area contributed by atoms with Crippen LogP contribution in [0.1, 0.15) is 0 Å². The number of hydrogen-bond acceptors (Lipinski definition) is 6. The quantitative estimate of drug-likeness (QED) is 0.559. The molecular formula is C14H10N4O4S. The number of carbonyl (C=O) groups is 1. The van der Waals surface area contributed by atoms with E-state index in [0.717, 1.165) is 4.90 Å². The van der Waals surface area contributed by atoms with Crippen LogP contribution in [0.3, 0.4) is 0 Å². The van der Waals surface area contributed by atoms with Crippen molar-refractivity contribution in [2.75, 3.05) is 0 Å². The molecule has 0 unspecified atom stereocenters. The van der Waals surface area contributed by atoms with Gasteiger partial charge in [-0.15, -0.1) is 0 Å². The van der Waals surface area contributed by atoms with Gasteiger partial charge in [0.1, 0.15) is 10.4 Å². The molecule has 0 aliphatic heterocycles. The van der Waals surface area contributed by atoms with E-state index in [9.17, 15) is 14.9 Å². The Morgan fingerprint density at radius 2 is 2.04 bits per heavy atom. The average Bonchev–Trinajstić information content (AvgIpc) is 2.85. The van der Waals surface area contributed by atoms with Crippen molar-refractivity contribution >= 4 is 34.6 Å². The molecule has 0 aliphatic carbocycles. The molecule has 0 radical (unpaired) electrons. The molecule has 0 spiro atoms. The van der Waals surface area contributed by atoms with Gasteiger partial charge in [0.05, 0.1) is 10.4 Å². The number of aromatic nitrogens is 2. The number of ether oxygens (including phenoxy) is 1. The Hall–Kier alpha value is -3.07. The van der Waals surface area contributed by atoms with Crippen molar-refractivity contribution in [1.29, 1.82) is 0 Å². The summed E-state index contributed by atoms with van der Waals surface area (Å²) in [5, 5.41) is 10.7. The average molecular weight is 330 g/mol. The lowest BCUT2D eigenvalue weighted by Crippen LogP contribution is -2.16. The van der Waals surface area contributed by atoms with Crippen LogP contribution >= 0.6 is 11.8 Å². The SMILES string of the molecule is NC(=O)Oc1[nH]c2cccnc2c1Sc1ccc([N+](=O)[O-])cc1. The minimum absolute atomic E-state index is 0.0000103. The first-order valence-corrected chi connectivity index (χ1v) is 7.22. The highest BCUT2D eigenvalue weighted by molar-refractivity contribution is 7.99. The number of nitrogens with one attached hydrogen (secondary N) is 1. The largest absolute Gasteiger partial charge is 0.411 e. The summed E-state index contributed by atoms with van der Waals surface area (Å²) in [7, 11) is 0. The first-order valence-electron chi connectivity index (χ1n) is 6.41. The molecule has 0 aliphatic rings. The van der Waals surface area contributed by atoms with E-state index in [4.69, 9.17) is 10.5 Å². The number of rotatable bonds is 4.